The molecule has 2 heterocycles. The van der Waals surface area contributed by atoms with Gasteiger partial charge in [-0.25, -0.2) is 0 Å². The number of methoxy groups -OCH3 is 1. The second kappa shape index (κ2) is 8.06. The molecule has 0 bridgehead atoms. The molecule has 1 N–H and O–H groups in total. The summed E-state index contributed by atoms with van der Waals surface area (Å²) in [5.74, 6) is 3.15. The molecular formula is C21H26N2O4. The van der Waals surface area contributed by atoms with Crippen molar-refractivity contribution in [3.8, 4) is 23.0 Å². The lowest BCUT2D eigenvalue weighted by Gasteiger charge is -2.36. The van der Waals surface area contributed by atoms with Gasteiger partial charge in [-0.05, 0) is 42.3 Å². The Morgan fingerprint density at radius 1 is 1.00 bits per heavy atom. The molecule has 27 heavy (non-hydrogen) atoms. The number of hydrogen-bond acceptors (Lipinski definition) is 6. The molecule has 144 valence electrons. The number of nitrogens with zero attached hydrogens (tertiary/aromatic N) is 1. The van der Waals surface area contributed by atoms with Gasteiger partial charge in [-0.15, -0.1) is 0 Å². The van der Waals surface area contributed by atoms with Crippen LogP contribution in [0.3, 0.4) is 0 Å². The van der Waals surface area contributed by atoms with Gasteiger partial charge in [0.25, 0.3) is 0 Å². The van der Waals surface area contributed by atoms with Gasteiger partial charge in [0.05, 0.1) is 19.8 Å². The van der Waals surface area contributed by atoms with Crippen LogP contribution in [-0.4, -0.2) is 51.6 Å². The van der Waals surface area contributed by atoms with Crippen LogP contribution in [0.15, 0.2) is 36.4 Å². The molecule has 0 saturated carbocycles. The van der Waals surface area contributed by atoms with E-state index in [1.807, 2.05) is 19.1 Å². The van der Waals surface area contributed by atoms with Crippen molar-refractivity contribution in [1.29, 1.82) is 0 Å². The molecule has 2 aromatic carbocycles. The monoisotopic (exact) mass is 370 g/mol. The number of fused-ring (bicyclic) bond motifs is 1. The van der Waals surface area contributed by atoms with Crippen LogP contribution < -0.4 is 24.3 Å². The first kappa shape index (κ1) is 17.9. The number of rotatable bonds is 6. The molecule has 1 unspecified atom stereocenters. The smallest absolute Gasteiger partial charge is 0.231 e. The Morgan fingerprint density at radius 2 is 1.74 bits per heavy atom. The third kappa shape index (κ3) is 3.68. The summed E-state index contributed by atoms with van der Waals surface area (Å²) in [7, 11) is 1.67. The zero-order chi connectivity index (χ0) is 18.6. The predicted octanol–water partition coefficient (Wildman–Crippen LogP) is 2.82. The first-order valence-electron chi connectivity index (χ1n) is 9.45. The Balaban J connectivity index is 1.75. The van der Waals surface area contributed by atoms with Crippen LogP contribution in [0.2, 0.25) is 0 Å². The Kier molecular flexibility index (Phi) is 5.36. The van der Waals surface area contributed by atoms with E-state index in [1.165, 1.54) is 11.1 Å². The van der Waals surface area contributed by atoms with Crippen molar-refractivity contribution in [3.05, 3.63) is 47.5 Å². The summed E-state index contributed by atoms with van der Waals surface area (Å²) in [6, 6.07) is 12.6. The lowest BCUT2D eigenvalue weighted by Crippen LogP contribution is -2.45. The van der Waals surface area contributed by atoms with Gasteiger partial charge in [0.2, 0.25) is 6.79 Å². The van der Waals surface area contributed by atoms with Crippen molar-refractivity contribution in [3.63, 3.8) is 0 Å². The Bertz CT molecular complexity index is 790. The molecule has 6 heteroatoms. The lowest BCUT2D eigenvalue weighted by molar-refractivity contribution is 0.173. The third-order valence-electron chi connectivity index (χ3n) is 5.03. The van der Waals surface area contributed by atoms with Crippen LogP contribution >= 0.6 is 0 Å². The molecule has 0 radical (unpaired) electrons. The molecule has 0 aromatic heterocycles. The average molecular weight is 370 g/mol. The summed E-state index contributed by atoms with van der Waals surface area (Å²) < 4.78 is 22.4. The molecule has 0 spiro atoms. The predicted molar refractivity (Wildman–Crippen MR) is 103 cm³/mol. The fraction of sp³-hybridized carbons (Fsp3) is 0.429. The first-order chi connectivity index (χ1) is 13.3. The SMILES string of the molecule is CCOc1cc(C(c2ccc3c(c2)OCO3)N2CCNCC2)ccc1OC. The summed E-state index contributed by atoms with van der Waals surface area (Å²) in [5, 5.41) is 3.43. The van der Waals surface area contributed by atoms with Crippen molar-refractivity contribution in [1.82, 2.24) is 10.2 Å². The Morgan fingerprint density at radius 3 is 2.52 bits per heavy atom. The summed E-state index contributed by atoms with van der Waals surface area (Å²) >= 11 is 0. The number of ether oxygens (including phenoxy) is 4. The van der Waals surface area contributed by atoms with Crippen LogP contribution in [0.4, 0.5) is 0 Å². The molecule has 1 fully saturated rings. The molecule has 0 aliphatic carbocycles. The van der Waals surface area contributed by atoms with E-state index in [0.717, 1.165) is 49.2 Å². The van der Waals surface area contributed by atoms with Gasteiger partial charge in [0.1, 0.15) is 0 Å². The molecule has 1 saturated heterocycles. The van der Waals surface area contributed by atoms with Crippen molar-refractivity contribution in [2.24, 2.45) is 0 Å². The van der Waals surface area contributed by atoms with Crippen LogP contribution in [0.1, 0.15) is 24.1 Å². The fourth-order valence-electron chi connectivity index (χ4n) is 3.77. The van der Waals surface area contributed by atoms with Crippen molar-refractivity contribution < 1.29 is 18.9 Å². The highest BCUT2D eigenvalue weighted by molar-refractivity contribution is 5.50. The molecule has 2 aliphatic rings. The molecule has 1 atom stereocenters. The second-order valence-corrected chi connectivity index (χ2v) is 6.64. The van der Waals surface area contributed by atoms with Crippen molar-refractivity contribution >= 4 is 0 Å². The topological polar surface area (TPSA) is 52.2 Å². The van der Waals surface area contributed by atoms with Gasteiger partial charge >= 0.3 is 0 Å². The largest absolute Gasteiger partial charge is 0.493 e. The molecule has 4 rings (SSSR count). The maximum absolute atomic E-state index is 5.82. The lowest BCUT2D eigenvalue weighted by atomic mass is 9.95. The molecular weight excluding hydrogens is 344 g/mol. The second-order valence-electron chi connectivity index (χ2n) is 6.64. The van der Waals surface area contributed by atoms with Crippen LogP contribution in [0, 0.1) is 0 Å². The van der Waals surface area contributed by atoms with E-state index in [1.54, 1.807) is 7.11 Å². The maximum atomic E-state index is 5.82. The summed E-state index contributed by atoms with van der Waals surface area (Å²) in [4.78, 5) is 2.49. The quantitative estimate of drug-likeness (QED) is 0.844. The van der Waals surface area contributed by atoms with Gasteiger partial charge in [0.15, 0.2) is 23.0 Å². The average Bonchev–Trinajstić information content (AvgIpc) is 3.18. The summed E-state index contributed by atoms with van der Waals surface area (Å²) in [6.45, 7) is 6.79. The molecule has 2 aromatic rings. The minimum atomic E-state index is 0.117. The molecule has 0 amide bonds. The van der Waals surface area contributed by atoms with Crippen molar-refractivity contribution in [2.45, 2.75) is 13.0 Å². The van der Waals surface area contributed by atoms with Gasteiger partial charge in [0, 0.05) is 26.2 Å². The Labute approximate surface area is 160 Å². The van der Waals surface area contributed by atoms with Gasteiger partial charge in [-0.1, -0.05) is 12.1 Å². The van der Waals surface area contributed by atoms with E-state index < -0.39 is 0 Å². The van der Waals surface area contributed by atoms with Crippen LogP contribution in [-0.2, 0) is 0 Å². The van der Waals surface area contributed by atoms with E-state index in [2.05, 4.69) is 34.5 Å². The van der Waals surface area contributed by atoms with E-state index in [4.69, 9.17) is 18.9 Å². The zero-order valence-electron chi connectivity index (χ0n) is 15.9. The van der Waals surface area contributed by atoms with Gasteiger partial charge < -0.3 is 24.3 Å². The number of piperazine rings is 1. The highest BCUT2D eigenvalue weighted by atomic mass is 16.7. The normalized spacial score (nSPS) is 17.6. The van der Waals surface area contributed by atoms with E-state index in [9.17, 15) is 0 Å². The van der Waals surface area contributed by atoms with E-state index in [0.29, 0.717) is 6.61 Å². The zero-order valence-corrected chi connectivity index (χ0v) is 15.9. The molecule has 6 nitrogen and oxygen atoms in total. The van der Waals surface area contributed by atoms with Crippen LogP contribution in [0.25, 0.3) is 0 Å². The Hall–Kier alpha value is -2.44. The third-order valence-corrected chi connectivity index (χ3v) is 5.03. The van der Waals surface area contributed by atoms with Crippen LogP contribution in [0.5, 0.6) is 23.0 Å². The standard InChI is InChI=1S/C21H26N2O4/c1-3-25-19-12-15(4-6-17(19)24-2)21(23-10-8-22-9-11-23)16-5-7-18-20(13-16)27-14-26-18/h4-7,12-13,21-22H,3,8-11,14H2,1-2H3. The fourth-order valence-corrected chi connectivity index (χ4v) is 3.77. The van der Waals surface area contributed by atoms with Gasteiger partial charge in [-0.2, -0.15) is 0 Å². The number of hydrogen-bond donors (Lipinski definition) is 1. The minimum absolute atomic E-state index is 0.117. The first-order valence-corrected chi connectivity index (χ1v) is 9.45. The highest BCUT2D eigenvalue weighted by Gasteiger charge is 2.27. The van der Waals surface area contributed by atoms with Crippen molar-refractivity contribution in [2.75, 3.05) is 46.7 Å². The number of nitrogens with one attached hydrogen (secondary N) is 1. The minimum Gasteiger partial charge on any atom is -0.493 e. The number of benzene rings is 2. The highest BCUT2D eigenvalue weighted by Crippen LogP contribution is 2.39. The summed E-state index contributed by atoms with van der Waals surface area (Å²) in [5.41, 5.74) is 2.37. The van der Waals surface area contributed by atoms with E-state index in [-0.39, 0.29) is 12.8 Å². The van der Waals surface area contributed by atoms with Gasteiger partial charge in [-0.3, -0.25) is 4.90 Å². The van der Waals surface area contributed by atoms with E-state index >= 15 is 0 Å². The summed E-state index contributed by atoms with van der Waals surface area (Å²) in [6.07, 6.45) is 0. The molecule has 2 aliphatic heterocycles. The maximum Gasteiger partial charge on any atom is 0.231 e.